The molecule has 0 aliphatic heterocycles. The molecule has 1 N–H and O–H groups in total. The lowest BCUT2D eigenvalue weighted by atomic mass is 10.1. The van der Waals surface area contributed by atoms with Crippen LogP contribution >= 0.6 is 0 Å². The van der Waals surface area contributed by atoms with Crippen molar-refractivity contribution in [2.75, 3.05) is 0 Å². The zero-order valence-electron chi connectivity index (χ0n) is 7.79. The molecule has 0 fully saturated rings. The van der Waals surface area contributed by atoms with Crippen molar-refractivity contribution in [1.82, 2.24) is 9.97 Å². The van der Waals surface area contributed by atoms with Gasteiger partial charge in [0.15, 0.2) is 0 Å². The number of allylic oxidation sites excluding steroid dienone is 3. The summed E-state index contributed by atoms with van der Waals surface area (Å²) in [5.74, 6) is 0. The van der Waals surface area contributed by atoms with Gasteiger partial charge in [-0.2, -0.15) is 0 Å². The molecule has 1 heterocycles. The van der Waals surface area contributed by atoms with Crippen molar-refractivity contribution >= 4 is 5.57 Å². The second-order valence-corrected chi connectivity index (χ2v) is 2.78. The number of hydrogen-bond acceptors (Lipinski definition) is 2. The van der Waals surface area contributed by atoms with E-state index in [0.29, 0.717) is 5.56 Å². The number of aromatic nitrogens is 2. The van der Waals surface area contributed by atoms with Gasteiger partial charge in [0.05, 0.1) is 17.6 Å². The van der Waals surface area contributed by atoms with Gasteiger partial charge in [-0.05, 0) is 19.4 Å². The molecule has 0 bridgehead atoms. The number of aryl methyl sites for hydroxylation is 1. The lowest BCUT2D eigenvalue weighted by Crippen LogP contribution is -2.13. The maximum absolute atomic E-state index is 11.4. The fourth-order valence-electron chi connectivity index (χ4n) is 1.21. The summed E-state index contributed by atoms with van der Waals surface area (Å²) >= 11 is 0. The summed E-state index contributed by atoms with van der Waals surface area (Å²) in [6.45, 7) is 7.25. The third-order valence-corrected chi connectivity index (χ3v) is 1.80. The fourth-order valence-corrected chi connectivity index (χ4v) is 1.21. The van der Waals surface area contributed by atoms with Crippen molar-refractivity contribution in [2.45, 2.75) is 13.8 Å². The number of nitrogens with one attached hydrogen (secondary N) is 1. The second-order valence-electron chi connectivity index (χ2n) is 2.78. The Bertz CT molecular complexity index is 402. The number of H-pyrrole nitrogens is 1. The van der Waals surface area contributed by atoms with Gasteiger partial charge in [-0.3, -0.25) is 4.79 Å². The van der Waals surface area contributed by atoms with Crippen LogP contribution in [0.3, 0.4) is 0 Å². The molecule has 0 aromatic carbocycles. The Morgan fingerprint density at radius 1 is 1.69 bits per heavy atom. The van der Waals surface area contributed by atoms with Crippen LogP contribution in [-0.2, 0) is 0 Å². The lowest BCUT2D eigenvalue weighted by Gasteiger charge is -2.01. The molecule has 68 valence electrons. The molecule has 0 aliphatic carbocycles. The summed E-state index contributed by atoms with van der Waals surface area (Å²) in [7, 11) is 0. The van der Waals surface area contributed by atoms with Crippen LogP contribution in [0.15, 0.2) is 29.9 Å². The summed E-state index contributed by atoms with van der Waals surface area (Å²) in [6.07, 6.45) is 4.85. The summed E-state index contributed by atoms with van der Waals surface area (Å²) in [5.41, 5.74) is 2.13. The molecule has 0 atom stereocenters. The van der Waals surface area contributed by atoms with Gasteiger partial charge in [0.25, 0.3) is 5.56 Å². The van der Waals surface area contributed by atoms with Crippen molar-refractivity contribution in [3.8, 4) is 0 Å². The van der Waals surface area contributed by atoms with Crippen LogP contribution in [0.2, 0.25) is 0 Å². The van der Waals surface area contributed by atoms with Gasteiger partial charge in [0, 0.05) is 0 Å². The predicted octanol–water partition coefficient (Wildman–Crippen LogP) is 1.67. The topological polar surface area (TPSA) is 45.8 Å². The molecule has 0 radical (unpaired) electrons. The van der Waals surface area contributed by atoms with Crippen molar-refractivity contribution in [3.63, 3.8) is 0 Å². The molecule has 0 saturated carbocycles. The van der Waals surface area contributed by atoms with Crippen LogP contribution in [0, 0.1) is 6.92 Å². The Morgan fingerprint density at radius 2 is 2.38 bits per heavy atom. The quantitative estimate of drug-likeness (QED) is 0.696. The first-order chi connectivity index (χ1) is 6.16. The van der Waals surface area contributed by atoms with Gasteiger partial charge in [0.2, 0.25) is 0 Å². The summed E-state index contributed by atoms with van der Waals surface area (Å²) in [5, 5.41) is 0. The van der Waals surface area contributed by atoms with E-state index in [0.717, 1.165) is 11.3 Å². The van der Waals surface area contributed by atoms with Crippen LogP contribution in [0.5, 0.6) is 0 Å². The third-order valence-electron chi connectivity index (χ3n) is 1.80. The zero-order chi connectivity index (χ0) is 9.84. The summed E-state index contributed by atoms with van der Waals surface area (Å²) in [4.78, 5) is 17.9. The lowest BCUT2D eigenvalue weighted by molar-refractivity contribution is 1.05. The Morgan fingerprint density at radius 3 is 2.92 bits per heavy atom. The number of aromatic amines is 1. The Hall–Kier alpha value is -1.64. The Balaban J connectivity index is 3.36. The molecule has 0 amide bonds. The highest BCUT2D eigenvalue weighted by Gasteiger charge is 2.04. The van der Waals surface area contributed by atoms with Gasteiger partial charge in [-0.1, -0.05) is 18.7 Å². The number of hydrogen-bond donors (Lipinski definition) is 1. The Kier molecular flexibility index (Phi) is 2.80. The maximum Gasteiger partial charge on any atom is 0.258 e. The molecule has 1 aromatic rings. The second kappa shape index (κ2) is 3.85. The average Bonchev–Trinajstić information content (AvgIpc) is 2.04. The standard InChI is InChI=1S/C10H12N2O/c1-4-5-7(2)9-8(3)11-6-12-10(9)13/h4-6H,1H2,2-3H3,(H,11,12,13)/b7-5-. The van der Waals surface area contributed by atoms with Gasteiger partial charge in [-0.25, -0.2) is 4.98 Å². The molecule has 0 spiro atoms. The fraction of sp³-hybridized carbons (Fsp3) is 0.200. The van der Waals surface area contributed by atoms with E-state index in [9.17, 15) is 4.79 Å². The van der Waals surface area contributed by atoms with E-state index in [1.807, 2.05) is 13.8 Å². The van der Waals surface area contributed by atoms with E-state index in [2.05, 4.69) is 16.5 Å². The largest absolute Gasteiger partial charge is 0.313 e. The average molecular weight is 176 g/mol. The highest BCUT2D eigenvalue weighted by molar-refractivity contribution is 5.65. The van der Waals surface area contributed by atoms with Crippen molar-refractivity contribution in [1.29, 1.82) is 0 Å². The third kappa shape index (κ3) is 1.93. The molecule has 1 aromatic heterocycles. The molecule has 3 heteroatoms. The minimum Gasteiger partial charge on any atom is -0.313 e. The first-order valence-corrected chi connectivity index (χ1v) is 4.00. The van der Waals surface area contributed by atoms with Gasteiger partial charge < -0.3 is 4.98 Å². The van der Waals surface area contributed by atoms with Crippen LogP contribution in [0.1, 0.15) is 18.2 Å². The van der Waals surface area contributed by atoms with Crippen LogP contribution < -0.4 is 5.56 Å². The van der Waals surface area contributed by atoms with E-state index in [-0.39, 0.29) is 5.56 Å². The molecule has 1 rings (SSSR count). The summed E-state index contributed by atoms with van der Waals surface area (Å²) in [6, 6.07) is 0. The molecular weight excluding hydrogens is 164 g/mol. The van der Waals surface area contributed by atoms with Crippen LogP contribution in [0.25, 0.3) is 5.57 Å². The number of nitrogens with zero attached hydrogens (tertiary/aromatic N) is 1. The highest BCUT2D eigenvalue weighted by Crippen LogP contribution is 2.10. The summed E-state index contributed by atoms with van der Waals surface area (Å²) < 4.78 is 0. The molecule has 0 saturated heterocycles. The monoisotopic (exact) mass is 176 g/mol. The SMILES string of the molecule is C=C/C=C(/C)c1c(C)nc[nH]c1=O. The first kappa shape index (κ1) is 9.45. The predicted molar refractivity (Wildman–Crippen MR) is 53.4 cm³/mol. The first-order valence-electron chi connectivity index (χ1n) is 4.00. The van der Waals surface area contributed by atoms with Crippen molar-refractivity contribution < 1.29 is 0 Å². The van der Waals surface area contributed by atoms with Crippen LogP contribution in [-0.4, -0.2) is 9.97 Å². The Labute approximate surface area is 76.8 Å². The smallest absolute Gasteiger partial charge is 0.258 e. The van der Waals surface area contributed by atoms with Gasteiger partial charge >= 0.3 is 0 Å². The van der Waals surface area contributed by atoms with Crippen molar-refractivity contribution in [2.24, 2.45) is 0 Å². The normalized spacial score (nSPS) is 11.4. The van der Waals surface area contributed by atoms with E-state index in [4.69, 9.17) is 0 Å². The van der Waals surface area contributed by atoms with Crippen molar-refractivity contribution in [3.05, 3.63) is 46.7 Å². The highest BCUT2D eigenvalue weighted by atomic mass is 16.1. The van der Waals surface area contributed by atoms with E-state index in [1.54, 1.807) is 12.2 Å². The van der Waals surface area contributed by atoms with E-state index >= 15 is 0 Å². The van der Waals surface area contributed by atoms with Gasteiger partial charge in [0.1, 0.15) is 0 Å². The molecule has 13 heavy (non-hydrogen) atoms. The minimum atomic E-state index is -0.108. The molecule has 0 unspecified atom stereocenters. The van der Waals surface area contributed by atoms with E-state index in [1.165, 1.54) is 6.33 Å². The number of rotatable bonds is 2. The zero-order valence-corrected chi connectivity index (χ0v) is 7.79. The van der Waals surface area contributed by atoms with Gasteiger partial charge in [-0.15, -0.1) is 0 Å². The molecule has 3 nitrogen and oxygen atoms in total. The minimum absolute atomic E-state index is 0.108. The van der Waals surface area contributed by atoms with Crippen LogP contribution in [0.4, 0.5) is 0 Å². The molecule has 0 aliphatic rings. The molecular formula is C10H12N2O. The maximum atomic E-state index is 11.4. The van der Waals surface area contributed by atoms with E-state index < -0.39 is 0 Å².